The van der Waals surface area contributed by atoms with Gasteiger partial charge in [0.05, 0.1) is 0 Å². The van der Waals surface area contributed by atoms with Crippen LogP contribution >= 0.6 is 0 Å². The molecule has 0 unspecified atom stereocenters. The van der Waals surface area contributed by atoms with Crippen molar-refractivity contribution in [3.8, 4) is 0 Å². The van der Waals surface area contributed by atoms with E-state index in [9.17, 15) is 9.59 Å². The Balaban J connectivity index is 1.30. The van der Waals surface area contributed by atoms with Crippen LogP contribution in [0.2, 0.25) is 0 Å². The topological polar surface area (TPSA) is 50.3 Å². The van der Waals surface area contributed by atoms with Crippen LogP contribution in [0, 0.1) is 0 Å². The van der Waals surface area contributed by atoms with Crippen molar-refractivity contribution in [2.24, 2.45) is 0 Å². The Bertz CT molecular complexity index is 1600. The zero-order chi connectivity index (χ0) is 22.8. The van der Waals surface area contributed by atoms with Crippen LogP contribution in [0.25, 0.3) is 15.7 Å². The Kier molecular flexibility index (Phi) is 4.79. The van der Waals surface area contributed by atoms with Gasteiger partial charge >= 0.3 is 215 Å². The number of anilines is 3. The zero-order valence-electron chi connectivity index (χ0n) is 17.5. The molecule has 0 N–H and O–H groups in total. The molecule has 0 amide bonds. The van der Waals surface area contributed by atoms with Crippen LogP contribution in [-0.2, 0) is 0 Å². The first-order valence-corrected chi connectivity index (χ1v) is 15.9. The van der Waals surface area contributed by atoms with Crippen molar-refractivity contribution in [3.63, 3.8) is 0 Å². The van der Waals surface area contributed by atoms with Gasteiger partial charge in [-0.3, -0.25) is 0 Å². The molecule has 1 aliphatic carbocycles. The van der Waals surface area contributed by atoms with Crippen LogP contribution in [0.5, 0.6) is 0 Å². The molecule has 2 aliphatic rings. The summed E-state index contributed by atoms with van der Waals surface area (Å²) in [7, 11) is 0. The molecule has 0 atom stereocenters. The fourth-order valence-corrected chi connectivity index (χ4v) is 10.3. The summed E-state index contributed by atoms with van der Waals surface area (Å²) in [5.41, 5.74) is 2.57. The summed E-state index contributed by atoms with van der Waals surface area (Å²) in [6.07, 6.45) is 3.66. The Morgan fingerprint density at radius 1 is 0.853 bits per heavy atom. The van der Waals surface area contributed by atoms with Gasteiger partial charge in [0.25, 0.3) is 0 Å². The summed E-state index contributed by atoms with van der Waals surface area (Å²) in [5.74, 6) is 0.689. The molecule has 7 heteroatoms. The van der Waals surface area contributed by atoms with E-state index in [-0.39, 0.29) is 55.5 Å². The van der Waals surface area contributed by atoms with Crippen molar-refractivity contribution in [1.29, 1.82) is 0 Å². The molecule has 0 radical (unpaired) electrons. The van der Waals surface area contributed by atoms with Gasteiger partial charge in [0, 0.05) is 0 Å². The number of para-hydroxylation sites is 1. The number of carbonyl (C=O) groups excluding carboxylic acids is 2. The summed E-state index contributed by atoms with van der Waals surface area (Å²) in [4.78, 5) is 35.4. The second-order valence-corrected chi connectivity index (χ2v) is 14.5. The van der Waals surface area contributed by atoms with Crippen LogP contribution in [-0.4, -0.2) is 60.5 Å². The summed E-state index contributed by atoms with van der Waals surface area (Å²) in [6, 6.07) is 22.7. The van der Waals surface area contributed by atoms with Gasteiger partial charge in [0.2, 0.25) is 0 Å². The number of pyridine rings is 1. The van der Waals surface area contributed by atoms with E-state index in [1.165, 1.54) is 18.9 Å². The van der Waals surface area contributed by atoms with E-state index in [0.717, 1.165) is 20.2 Å². The number of allylic oxidation sites excluding steroid dienone is 1. The summed E-state index contributed by atoms with van der Waals surface area (Å²) in [6.45, 7) is 0. The van der Waals surface area contributed by atoms with E-state index in [1.54, 1.807) is 0 Å². The van der Waals surface area contributed by atoms with E-state index in [1.807, 2.05) is 36.5 Å². The Labute approximate surface area is 213 Å². The zero-order valence-corrected chi connectivity index (χ0v) is 22.7. The van der Waals surface area contributed by atoms with Crippen LogP contribution in [0.3, 0.4) is 0 Å². The first kappa shape index (κ1) is 20.6. The molecule has 1 aliphatic heterocycles. The van der Waals surface area contributed by atoms with Gasteiger partial charge in [0.1, 0.15) is 0 Å². The predicted molar refractivity (Wildman–Crippen MR) is 138 cm³/mol. The average Bonchev–Trinajstić information content (AvgIpc) is 3.57. The van der Waals surface area contributed by atoms with Crippen molar-refractivity contribution >= 4 is 96.2 Å². The maximum absolute atomic E-state index is 13.1. The standard InChI is InChI=1S/C27H14N2O2Se3/c30-25-17-12-15-9-11-32-23(15)14-18(17)26(31)19(25)13-16-7-8-24(33-16)29-20-4-1-2-5-21(20)34-22-6-3-10-28-27(22)29/h1-14H/b19-13+. The Hall–Kier alpha value is -2.75. The van der Waals surface area contributed by atoms with Crippen molar-refractivity contribution in [2.75, 3.05) is 4.90 Å². The number of nitrogens with zero attached hydrogens (tertiary/aromatic N) is 2. The molecule has 0 saturated carbocycles. The quantitative estimate of drug-likeness (QED) is 0.167. The van der Waals surface area contributed by atoms with Gasteiger partial charge in [-0.1, -0.05) is 0 Å². The summed E-state index contributed by atoms with van der Waals surface area (Å²) >= 11 is 0.404. The first-order valence-electron chi connectivity index (χ1n) is 10.6. The van der Waals surface area contributed by atoms with Crippen LogP contribution in [0.4, 0.5) is 16.1 Å². The van der Waals surface area contributed by atoms with Gasteiger partial charge in [-0.2, -0.15) is 0 Å². The number of hydrogen-bond acceptors (Lipinski definition) is 4. The number of fused-ring (bicyclic) bond motifs is 4. The van der Waals surface area contributed by atoms with Crippen molar-refractivity contribution in [3.05, 3.63) is 99.0 Å². The van der Waals surface area contributed by atoms with Gasteiger partial charge < -0.3 is 0 Å². The molecular weight excluding hydrogens is 621 g/mol. The molecule has 162 valence electrons. The molecule has 0 bridgehead atoms. The molecule has 3 aromatic heterocycles. The van der Waals surface area contributed by atoms with E-state index in [2.05, 4.69) is 52.3 Å². The molecule has 5 aromatic rings. The van der Waals surface area contributed by atoms with Crippen molar-refractivity contribution in [1.82, 2.24) is 4.98 Å². The van der Waals surface area contributed by atoms with Crippen molar-refractivity contribution in [2.45, 2.75) is 0 Å². The third kappa shape index (κ3) is 3.14. The van der Waals surface area contributed by atoms with E-state index < -0.39 is 0 Å². The van der Waals surface area contributed by atoms with Crippen molar-refractivity contribution < 1.29 is 9.59 Å². The molecule has 2 aromatic carbocycles. The summed E-state index contributed by atoms with van der Waals surface area (Å²) in [5, 5.41) is 1.07. The average molecular weight is 635 g/mol. The Morgan fingerprint density at radius 2 is 1.68 bits per heavy atom. The Morgan fingerprint density at radius 3 is 2.59 bits per heavy atom. The van der Waals surface area contributed by atoms with Gasteiger partial charge in [-0.25, -0.2) is 0 Å². The number of ketones is 2. The molecule has 7 rings (SSSR count). The third-order valence-electron chi connectivity index (χ3n) is 5.98. The molecular formula is C27H14N2O2Se3. The number of hydrogen-bond donors (Lipinski definition) is 0. The molecule has 4 heterocycles. The van der Waals surface area contributed by atoms with Gasteiger partial charge in [-0.15, -0.1) is 0 Å². The SMILES string of the molecule is O=C1/C(=C\c2ccc(N3c4ccccc4[Se]c4cccnc43)[se]2)C(=O)c2cc3[se]ccc3cc21. The number of carbonyl (C=O) groups is 2. The number of benzene rings is 2. The second kappa shape index (κ2) is 7.90. The van der Waals surface area contributed by atoms with Crippen LogP contribution in [0.15, 0.2) is 83.4 Å². The predicted octanol–water partition coefficient (Wildman–Crippen LogP) is 3.25. The van der Waals surface area contributed by atoms with Gasteiger partial charge in [0.15, 0.2) is 0 Å². The summed E-state index contributed by atoms with van der Waals surface area (Å²) < 4.78 is 5.95. The van der Waals surface area contributed by atoms with E-state index >= 15 is 0 Å². The minimum absolute atomic E-state index is 0.0534. The maximum atomic E-state index is 13.1. The molecule has 4 nitrogen and oxygen atoms in total. The normalized spacial score (nSPS) is 15.6. The molecule has 34 heavy (non-hydrogen) atoms. The van der Waals surface area contributed by atoms with Crippen LogP contribution < -0.4 is 13.8 Å². The van der Waals surface area contributed by atoms with Gasteiger partial charge in [-0.05, 0) is 0 Å². The fourth-order valence-electron chi connectivity index (χ4n) is 4.41. The first-order chi connectivity index (χ1) is 16.7. The number of aromatic nitrogens is 1. The van der Waals surface area contributed by atoms with E-state index in [0.29, 0.717) is 16.7 Å². The number of rotatable bonds is 2. The van der Waals surface area contributed by atoms with E-state index in [4.69, 9.17) is 4.98 Å². The molecule has 0 spiro atoms. The minimum atomic E-state index is -0.154. The third-order valence-corrected chi connectivity index (χ3v) is 12.3. The molecule has 0 saturated heterocycles. The number of Topliss-reactive ketones (excluding diaryl/α,β-unsaturated/α-hetero) is 2. The second-order valence-electron chi connectivity index (χ2n) is 7.98. The fraction of sp³-hybridized carbons (Fsp3) is 0. The monoisotopic (exact) mass is 638 g/mol. The van der Waals surface area contributed by atoms with Crippen LogP contribution in [0.1, 0.15) is 25.2 Å². The molecule has 0 fully saturated rings.